The Morgan fingerprint density at radius 3 is 2.77 bits per heavy atom. The van der Waals surface area contributed by atoms with Crippen LogP contribution in [0, 0.1) is 0 Å². The van der Waals surface area contributed by atoms with E-state index in [2.05, 4.69) is 4.98 Å². The van der Waals surface area contributed by atoms with Gasteiger partial charge in [0.2, 0.25) is 5.56 Å². The van der Waals surface area contributed by atoms with E-state index in [-0.39, 0.29) is 17.6 Å². The zero-order valence-corrected chi connectivity index (χ0v) is 6.95. The molecule has 1 heterocycles. The highest BCUT2D eigenvalue weighted by molar-refractivity contribution is 5.89. The average molecular weight is 179 g/mol. The third-order valence-corrected chi connectivity index (χ3v) is 1.82. The minimum atomic E-state index is -0.362. The number of pyridine rings is 1. The SMILES string of the molecule is O=C(OC1CC1)c1ccc(=O)[nH]c1. The first-order valence-corrected chi connectivity index (χ1v) is 4.15. The second-order valence-electron chi connectivity index (χ2n) is 3.05. The summed E-state index contributed by atoms with van der Waals surface area (Å²) in [5.41, 5.74) is 0.175. The van der Waals surface area contributed by atoms with Gasteiger partial charge in [-0.25, -0.2) is 4.79 Å². The molecule has 1 aromatic heterocycles. The van der Waals surface area contributed by atoms with Gasteiger partial charge in [-0.05, 0) is 18.9 Å². The number of ether oxygens (including phenoxy) is 1. The summed E-state index contributed by atoms with van der Waals surface area (Å²) in [7, 11) is 0. The van der Waals surface area contributed by atoms with Crippen molar-refractivity contribution in [3.8, 4) is 0 Å². The molecule has 0 radical (unpaired) electrons. The second-order valence-corrected chi connectivity index (χ2v) is 3.05. The Hall–Kier alpha value is -1.58. The Labute approximate surface area is 74.5 Å². The zero-order chi connectivity index (χ0) is 9.26. The van der Waals surface area contributed by atoms with Gasteiger partial charge in [0, 0.05) is 12.3 Å². The third kappa shape index (κ3) is 1.96. The fourth-order valence-electron chi connectivity index (χ4n) is 0.943. The summed E-state index contributed by atoms with van der Waals surface area (Å²) in [5, 5.41) is 0. The number of rotatable bonds is 2. The molecule has 1 aromatic rings. The molecule has 0 unspecified atom stereocenters. The molecule has 13 heavy (non-hydrogen) atoms. The predicted octanol–water partition coefficient (Wildman–Crippen LogP) is 0.694. The molecule has 2 rings (SSSR count). The summed E-state index contributed by atoms with van der Waals surface area (Å²) in [5.74, 6) is -0.362. The van der Waals surface area contributed by atoms with E-state index in [1.165, 1.54) is 18.3 Å². The standard InChI is InChI=1S/C9H9NO3/c11-8-4-1-6(5-10-8)9(12)13-7-2-3-7/h1,4-5,7H,2-3H2,(H,10,11). The van der Waals surface area contributed by atoms with Gasteiger partial charge < -0.3 is 9.72 Å². The van der Waals surface area contributed by atoms with E-state index in [4.69, 9.17) is 4.74 Å². The minimum Gasteiger partial charge on any atom is -0.459 e. The monoisotopic (exact) mass is 179 g/mol. The number of nitrogens with one attached hydrogen (secondary N) is 1. The van der Waals surface area contributed by atoms with Crippen molar-refractivity contribution in [2.24, 2.45) is 0 Å². The van der Waals surface area contributed by atoms with E-state index < -0.39 is 0 Å². The summed E-state index contributed by atoms with van der Waals surface area (Å²) in [4.78, 5) is 24.4. The van der Waals surface area contributed by atoms with Gasteiger partial charge in [0.1, 0.15) is 6.10 Å². The zero-order valence-electron chi connectivity index (χ0n) is 6.95. The summed E-state index contributed by atoms with van der Waals surface area (Å²) in [6, 6.07) is 2.77. The first-order valence-electron chi connectivity index (χ1n) is 4.15. The Kier molecular flexibility index (Phi) is 1.88. The molecule has 1 saturated carbocycles. The number of esters is 1. The number of hydrogen-bond donors (Lipinski definition) is 1. The number of aromatic amines is 1. The summed E-state index contributed by atoms with van der Waals surface area (Å²) >= 11 is 0. The topological polar surface area (TPSA) is 59.2 Å². The molecule has 0 atom stereocenters. The first-order chi connectivity index (χ1) is 6.25. The third-order valence-electron chi connectivity index (χ3n) is 1.82. The van der Waals surface area contributed by atoms with Crippen molar-refractivity contribution in [1.82, 2.24) is 4.98 Å². The Morgan fingerprint density at radius 1 is 1.46 bits per heavy atom. The molecule has 0 spiro atoms. The van der Waals surface area contributed by atoms with E-state index in [0.717, 1.165) is 12.8 Å². The van der Waals surface area contributed by atoms with Crippen LogP contribution in [0.3, 0.4) is 0 Å². The Bertz CT molecular complexity index is 358. The molecule has 68 valence electrons. The molecule has 4 heteroatoms. The van der Waals surface area contributed by atoms with Crippen molar-refractivity contribution in [3.05, 3.63) is 34.2 Å². The van der Waals surface area contributed by atoms with Crippen LogP contribution in [0.15, 0.2) is 23.1 Å². The van der Waals surface area contributed by atoms with Crippen LogP contribution in [0.25, 0.3) is 0 Å². The lowest BCUT2D eigenvalue weighted by Crippen LogP contribution is -2.10. The maximum atomic E-state index is 11.3. The quantitative estimate of drug-likeness (QED) is 0.679. The molecule has 0 aliphatic heterocycles. The molecule has 1 aliphatic carbocycles. The van der Waals surface area contributed by atoms with Crippen LogP contribution in [0.4, 0.5) is 0 Å². The van der Waals surface area contributed by atoms with Crippen LogP contribution in [-0.2, 0) is 4.74 Å². The molecular formula is C9H9NO3. The Morgan fingerprint density at radius 2 is 2.23 bits per heavy atom. The lowest BCUT2D eigenvalue weighted by molar-refractivity contribution is 0.0472. The molecule has 1 aliphatic rings. The molecule has 4 nitrogen and oxygen atoms in total. The number of aromatic nitrogens is 1. The van der Waals surface area contributed by atoms with Crippen molar-refractivity contribution in [2.45, 2.75) is 18.9 Å². The number of carbonyl (C=O) groups excluding carboxylic acids is 1. The molecular weight excluding hydrogens is 170 g/mol. The van der Waals surface area contributed by atoms with Crippen molar-refractivity contribution < 1.29 is 9.53 Å². The largest absolute Gasteiger partial charge is 0.459 e. The van der Waals surface area contributed by atoms with E-state index >= 15 is 0 Å². The van der Waals surface area contributed by atoms with Crippen molar-refractivity contribution in [3.63, 3.8) is 0 Å². The fraction of sp³-hybridized carbons (Fsp3) is 0.333. The van der Waals surface area contributed by atoms with Crippen LogP contribution in [0.1, 0.15) is 23.2 Å². The van der Waals surface area contributed by atoms with Crippen LogP contribution in [0.2, 0.25) is 0 Å². The summed E-state index contributed by atoms with van der Waals surface area (Å²) in [6.07, 6.45) is 3.37. The van der Waals surface area contributed by atoms with Gasteiger partial charge in [0.25, 0.3) is 0 Å². The lowest BCUT2D eigenvalue weighted by Gasteiger charge is -2.00. The Balaban J connectivity index is 2.10. The number of hydrogen-bond acceptors (Lipinski definition) is 3. The maximum absolute atomic E-state index is 11.3. The van der Waals surface area contributed by atoms with E-state index in [0.29, 0.717) is 5.56 Å². The predicted molar refractivity (Wildman–Crippen MR) is 45.5 cm³/mol. The van der Waals surface area contributed by atoms with Gasteiger partial charge in [-0.2, -0.15) is 0 Å². The van der Waals surface area contributed by atoms with Gasteiger partial charge >= 0.3 is 5.97 Å². The maximum Gasteiger partial charge on any atom is 0.339 e. The van der Waals surface area contributed by atoms with Crippen LogP contribution >= 0.6 is 0 Å². The van der Waals surface area contributed by atoms with E-state index in [1.54, 1.807) is 0 Å². The highest BCUT2D eigenvalue weighted by Crippen LogP contribution is 2.24. The van der Waals surface area contributed by atoms with Crippen LogP contribution in [0.5, 0.6) is 0 Å². The van der Waals surface area contributed by atoms with Crippen LogP contribution < -0.4 is 5.56 Å². The number of carbonyl (C=O) groups is 1. The molecule has 1 N–H and O–H groups in total. The van der Waals surface area contributed by atoms with Gasteiger partial charge in [-0.1, -0.05) is 0 Å². The van der Waals surface area contributed by atoms with Crippen molar-refractivity contribution in [2.75, 3.05) is 0 Å². The average Bonchev–Trinajstić information content (AvgIpc) is 2.89. The van der Waals surface area contributed by atoms with Crippen LogP contribution in [-0.4, -0.2) is 17.1 Å². The number of H-pyrrole nitrogens is 1. The van der Waals surface area contributed by atoms with Gasteiger partial charge in [-0.15, -0.1) is 0 Å². The highest BCUT2D eigenvalue weighted by Gasteiger charge is 2.26. The van der Waals surface area contributed by atoms with Crippen molar-refractivity contribution in [1.29, 1.82) is 0 Å². The lowest BCUT2D eigenvalue weighted by atomic mass is 10.3. The van der Waals surface area contributed by atoms with Gasteiger partial charge in [0.15, 0.2) is 0 Å². The summed E-state index contributed by atoms with van der Waals surface area (Å²) in [6.45, 7) is 0. The molecule has 0 amide bonds. The summed E-state index contributed by atoms with van der Waals surface area (Å²) < 4.78 is 5.03. The fourth-order valence-corrected chi connectivity index (χ4v) is 0.943. The van der Waals surface area contributed by atoms with Crippen molar-refractivity contribution >= 4 is 5.97 Å². The van der Waals surface area contributed by atoms with E-state index in [9.17, 15) is 9.59 Å². The molecule has 0 saturated heterocycles. The minimum absolute atomic E-state index is 0.0967. The second kappa shape index (κ2) is 3.05. The molecule has 0 aromatic carbocycles. The smallest absolute Gasteiger partial charge is 0.339 e. The van der Waals surface area contributed by atoms with Gasteiger partial charge in [0.05, 0.1) is 5.56 Å². The van der Waals surface area contributed by atoms with E-state index in [1.807, 2.05) is 0 Å². The highest BCUT2D eigenvalue weighted by atomic mass is 16.5. The molecule has 0 bridgehead atoms. The normalized spacial score (nSPS) is 15.4. The van der Waals surface area contributed by atoms with Gasteiger partial charge in [-0.3, -0.25) is 4.79 Å². The first kappa shape index (κ1) is 8.04. The molecule has 1 fully saturated rings.